The highest BCUT2D eigenvalue weighted by molar-refractivity contribution is 5.92. The fourth-order valence-electron chi connectivity index (χ4n) is 1.99. The molecule has 122 valence electrons. The van der Waals surface area contributed by atoms with E-state index in [1.807, 2.05) is 58.0 Å². The minimum absolute atomic E-state index is 0.0914. The summed E-state index contributed by atoms with van der Waals surface area (Å²) >= 11 is 0. The van der Waals surface area contributed by atoms with Crippen LogP contribution in [0.3, 0.4) is 0 Å². The number of carbonyl (C=O) groups excluding carboxylic acids is 1. The summed E-state index contributed by atoms with van der Waals surface area (Å²) in [5, 5.41) is 6.06. The van der Waals surface area contributed by atoms with Crippen molar-refractivity contribution in [1.82, 2.24) is 10.3 Å². The van der Waals surface area contributed by atoms with Crippen molar-refractivity contribution in [2.75, 3.05) is 5.32 Å². The lowest BCUT2D eigenvalue weighted by atomic mass is 10.2. The second kappa shape index (κ2) is 7.63. The summed E-state index contributed by atoms with van der Waals surface area (Å²) in [7, 11) is 0. The first-order valence-corrected chi connectivity index (χ1v) is 7.74. The molecule has 0 aliphatic heterocycles. The molecule has 5 nitrogen and oxygen atoms in total. The van der Waals surface area contributed by atoms with E-state index >= 15 is 0 Å². The van der Waals surface area contributed by atoms with Crippen LogP contribution in [0.1, 0.15) is 38.2 Å². The topological polar surface area (TPSA) is 63.2 Å². The van der Waals surface area contributed by atoms with Crippen molar-refractivity contribution in [1.29, 1.82) is 0 Å². The van der Waals surface area contributed by atoms with Crippen molar-refractivity contribution in [3.63, 3.8) is 0 Å². The van der Waals surface area contributed by atoms with Gasteiger partial charge in [-0.05, 0) is 64.1 Å². The van der Waals surface area contributed by atoms with Crippen molar-refractivity contribution in [3.8, 4) is 5.75 Å². The van der Waals surface area contributed by atoms with Crippen LogP contribution in [0.15, 0.2) is 42.6 Å². The number of anilines is 2. The lowest BCUT2D eigenvalue weighted by Gasteiger charge is -2.11. The molecule has 0 saturated heterocycles. The standard InChI is InChI=1S/C18H23N3O2/c1-12(2)20-18(22)17-10-7-15(11-19-17)21-14-5-8-16(9-6-14)23-13(3)4/h5-13,21H,1-4H3,(H,20,22). The highest BCUT2D eigenvalue weighted by Crippen LogP contribution is 2.20. The van der Waals surface area contributed by atoms with Crippen molar-refractivity contribution >= 4 is 17.3 Å². The molecule has 0 spiro atoms. The lowest BCUT2D eigenvalue weighted by Crippen LogP contribution is -2.30. The predicted octanol–water partition coefficient (Wildman–Crippen LogP) is 3.75. The fraction of sp³-hybridized carbons (Fsp3) is 0.333. The van der Waals surface area contributed by atoms with Crippen LogP contribution in [0.2, 0.25) is 0 Å². The van der Waals surface area contributed by atoms with Gasteiger partial charge in [0.25, 0.3) is 5.91 Å². The summed E-state index contributed by atoms with van der Waals surface area (Å²) < 4.78 is 5.61. The van der Waals surface area contributed by atoms with Crippen molar-refractivity contribution < 1.29 is 9.53 Å². The van der Waals surface area contributed by atoms with Crippen LogP contribution < -0.4 is 15.4 Å². The zero-order valence-electron chi connectivity index (χ0n) is 14.0. The summed E-state index contributed by atoms with van der Waals surface area (Å²) in [6.45, 7) is 7.82. The molecule has 0 bridgehead atoms. The van der Waals surface area contributed by atoms with Crippen molar-refractivity contribution in [2.45, 2.75) is 39.8 Å². The van der Waals surface area contributed by atoms with E-state index in [1.165, 1.54) is 0 Å². The molecule has 2 aromatic rings. The summed E-state index contributed by atoms with van der Waals surface area (Å²) in [5.41, 5.74) is 2.16. The number of aromatic nitrogens is 1. The SMILES string of the molecule is CC(C)NC(=O)c1ccc(Nc2ccc(OC(C)C)cc2)cn1. The number of rotatable bonds is 6. The number of carbonyl (C=O) groups is 1. The van der Waals surface area contributed by atoms with E-state index in [-0.39, 0.29) is 18.1 Å². The molecule has 0 radical (unpaired) electrons. The number of hydrogen-bond acceptors (Lipinski definition) is 4. The normalized spacial score (nSPS) is 10.7. The minimum Gasteiger partial charge on any atom is -0.491 e. The highest BCUT2D eigenvalue weighted by Gasteiger charge is 2.08. The zero-order chi connectivity index (χ0) is 16.8. The molecule has 1 amide bonds. The Morgan fingerprint density at radius 3 is 2.17 bits per heavy atom. The Morgan fingerprint density at radius 2 is 1.65 bits per heavy atom. The molecular formula is C18H23N3O2. The fourth-order valence-corrected chi connectivity index (χ4v) is 1.99. The summed E-state index contributed by atoms with van der Waals surface area (Å²) in [4.78, 5) is 16.0. The molecule has 0 unspecified atom stereocenters. The predicted molar refractivity (Wildman–Crippen MR) is 92.3 cm³/mol. The first kappa shape index (κ1) is 16.8. The first-order valence-electron chi connectivity index (χ1n) is 7.74. The number of amides is 1. The van der Waals surface area contributed by atoms with E-state index < -0.39 is 0 Å². The number of hydrogen-bond donors (Lipinski definition) is 2. The van der Waals surface area contributed by atoms with E-state index in [0.717, 1.165) is 17.1 Å². The van der Waals surface area contributed by atoms with Crippen molar-refractivity contribution in [2.24, 2.45) is 0 Å². The highest BCUT2D eigenvalue weighted by atomic mass is 16.5. The molecule has 2 N–H and O–H groups in total. The maximum absolute atomic E-state index is 11.8. The minimum atomic E-state index is -0.165. The third kappa shape index (κ3) is 5.29. The van der Waals surface area contributed by atoms with Crippen LogP contribution >= 0.6 is 0 Å². The molecule has 0 aliphatic carbocycles. The zero-order valence-corrected chi connectivity index (χ0v) is 14.0. The Morgan fingerprint density at radius 1 is 1.00 bits per heavy atom. The molecule has 0 fully saturated rings. The number of nitrogens with zero attached hydrogens (tertiary/aromatic N) is 1. The monoisotopic (exact) mass is 313 g/mol. The first-order chi connectivity index (χ1) is 10.9. The quantitative estimate of drug-likeness (QED) is 0.852. The Kier molecular flexibility index (Phi) is 5.57. The summed E-state index contributed by atoms with van der Waals surface area (Å²) in [6.07, 6.45) is 1.80. The molecule has 23 heavy (non-hydrogen) atoms. The third-order valence-electron chi connectivity index (χ3n) is 2.93. The van der Waals surface area contributed by atoms with Gasteiger partial charge >= 0.3 is 0 Å². The Balaban J connectivity index is 1.99. The van der Waals surface area contributed by atoms with Crippen LogP contribution in [-0.2, 0) is 0 Å². The van der Waals surface area contributed by atoms with Gasteiger partial charge in [-0.3, -0.25) is 4.79 Å². The summed E-state index contributed by atoms with van der Waals surface area (Å²) in [6, 6.07) is 11.3. The largest absolute Gasteiger partial charge is 0.491 e. The van der Waals surface area contributed by atoms with Gasteiger partial charge < -0.3 is 15.4 Å². The van der Waals surface area contributed by atoms with E-state index in [2.05, 4.69) is 15.6 Å². The lowest BCUT2D eigenvalue weighted by molar-refractivity contribution is 0.0938. The van der Waals surface area contributed by atoms with Gasteiger partial charge in [0.2, 0.25) is 0 Å². The van der Waals surface area contributed by atoms with Gasteiger partial charge in [0.05, 0.1) is 18.0 Å². The van der Waals surface area contributed by atoms with E-state index in [0.29, 0.717) is 5.69 Å². The molecule has 1 aromatic heterocycles. The van der Waals surface area contributed by atoms with E-state index in [1.54, 1.807) is 12.3 Å². The van der Waals surface area contributed by atoms with Crippen LogP contribution in [-0.4, -0.2) is 23.0 Å². The van der Waals surface area contributed by atoms with E-state index in [9.17, 15) is 4.79 Å². The Bertz CT molecular complexity index is 634. The number of pyridine rings is 1. The average molecular weight is 313 g/mol. The second-order valence-corrected chi connectivity index (χ2v) is 5.88. The van der Waals surface area contributed by atoms with E-state index in [4.69, 9.17) is 4.74 Å². The maximum atomic E-state index is 11.8. The molecule has 5 heteroatoms. The Hall–Kier alpha value is -2.56. The van der Waals surface area contributed by atoms with Gasteiger partial charge in [0, 0.05) is 11.7 Å². The van der Waals surface area contributed by atoms with Gasteiger partial charge in [0.1, 0.15) is 11.4 Å². The molecule has 0 atom stereocenters. The van der Waals surface area contributed by atoms with Gasteiger partial charge in [-0.15, -0.1) is 0 Å². The molecule has 0 aliphatic rings. The number of ether oxygens (including phenoxy) is 1. The Labute approximate surface area is 137 Å². The van der Waals surface area contributed by atoms with Crippen LogP contribution in [0.5, 0.6) is 5.75 Å². The molecular weight excluding hydrogens is 290 g/mol. The number of nitrogens with one attached hydrogen (secondary N) is 2. The average Bonchev–Trinajstić information content (AvgIpc) is 2.49. The molecule has 1 heterocycles. The second-order valence-electron chi connectivity index (χ2n) is 5.88. The number of benzene rings is 1. The maximum Gasteiger partial charge on any atom is 0.270 e. The van der Waals surface area contributed by atoms with Crippen molar-refractivity contribution in [3.05, 3.63) is 48.3 Å². The van der Waals surface area contributed by atoms with Gasteiger partial charge in [-0.2, -0.15) is 0 Å². The van der Waals surface area contributed by atoms with Crippen LogP contribution in [0, 0.1) is 0 Å². The smallest absolute Gasteiger partial charge is 0.270 e. The van der Waals surface area contributed by atoms with Crippen LogP contribution in [0.25, 0.3) is 0 Å². The third-order valence-corrected chi connectivity index (χ3v) is 2.93. The molecule has 1 aromatic carbocycles. The van der Waals surface area contributed by atoms with Gasteiger partial charge in [0.15, 0.2) is 0 Å². The van der Waals surface area contributed by atoms with Gasteiger partial charge in [-0.1, -0.05) is 0 Å². The molecule has 0 saturated carbocycles. The summed E-state index contributed by atoms with van der Waals surface area (Å²) in [5.74, 6) is 0.672. The molecule has 2 rings (SSSR count). The van der Waals surface area contributed by atoms with Crippen LogP contribution in [0.4, 0.5) is 11.4 Å². The van der Waals surface area contributed by atoms with Gasteiger partial charge in [-0.25, -0.2) is 4.98 Å².